The normalized spacial score (nSPS) is 10.6. The first-order valence-corrected chi connectivity index (χ1v) is 8.88. The van der Waals surface area contributed by atoms with Crippen molar-refractivity contribution >= 4 is 11.7 Å². The van der Waals surface area contributed by atoms with Crippen LogP contribution in [-0.4, -0.2) is 77.5 Å². The largest absolute Gasteiger partial charge is 0.491 e. The zero-order chi connectivity index (χ0) is 20.5. The van der Waals surface area contributed by atoms with E-state index in [1.54, 1.807) is 12.1 Å². The monoisotopic (exact) mass is 401 g/mol. The van der Waals surface area contributed by atoms with Gasteiger partial charge < -0.3 is 28.4 Å². The molecule has 1 aromatic rings. The first-order chi connectivity index (χ1) is 13.6. The Morgan fingerprint density at radius 2 is 1.29 bits per heavy atom. The number of benzene rings is 1. The van der Waals surface area contributed by atoms with Gasteiger partial charge in [0.1, 0.15) is 12.4 Å². The first-order valence-electron chi connectivity index (χ1n) is 8.88. The van der Waals surface area contributed by atoms with E-state index in [-0.39, 0.29) is 18.1 Å². The highest BCUT2D eigenvalue weighted by Crippen LogP contribution is 2.16. The summed E-state index contributed by atoms with van der Waals surface area (Å²) in [5.41, 5.74) is 0.0239. The van der Waals surface area contributed by atoms with E-state index in [9.17, 15) is 14.9 Å². The van der Waals surface area contributed by atoms with Gasteiger partial charge in [-0.3, -0.25) is 14.9 Å². The predicted octanol–water partition coefficient (Wildman–Crippen LogP) is 1.60. The number of non-ortho nitro benzene ring substituents is 1. The van der Waals surface area contributed by atoms with Gasteiger partial charge in [0.15, 0.2) is 0 Å². The molecule has 0 fully saturated rings. The summed E-state index contributed by atoms with van der Waals surface area (Å²) in [6, 6.07) is 5.87. The Morgan fingerprint density at radius 3 is 1.75 bits per heavy atom. The van der Waals surface area contributed by atoms with Gasteiger partial charge in [0.05, 0.1) is 71.3 Å². The van der Waals surface area contributed by atoms with Crippen molar-refractivity contribution in [2.75, 3.05) is 66.6 Å². The van der Waals surface area contributed by atoms with Gasteiger partial charge in [-0.25, -0.2) is 0 Å². The summed E-state index contributed by atoms with van der Waals surface area (Å²) in [7, 11) is 1.34. The van der Waals surface area contributed by atoms with E-state index < -0.39 is 4.92 Å². The highest BCUT2D eigenvalue weighted by molar-refractivity contribution is 5.69. The number of esters is 1. The van der Waals surface area contributed by atoms with Gasteiger partial charge in [0.25, 0.3) is 5.69 Å². The number of nitro groups is 1. The number of carbonyl (C=O) groups is 1. The number of hydrogen-bond acceptors (Lipinski definition) is 9. The maximum Gasteiger partial charge on any atom is 0.307 e. The third-order valence-corrected chi connectivity index (χ3v) is 3.34. The summed E-state index contributed by atoms with van der Waals surface area (Å²) in [6.45, 7) is 3.66. The highest BCUT2D eigenvalue weighted by Gasteiger charge is 2.04. The van der Waals surface area contributed by atoms with Crippen molar-refractivity contribution in [2.45, 2.75) is 6.42 Å². The summed E-state index contributed by atoms with van der Waals surface area (Å²) >= 11 is 0. The molecule has 0 spiro atoms. The Hall–Kier alpha value is -2.27. The number of hydrogen-bond donors (Lipinski definition) is 0. The van der Waals surface area contributed by atoms with Crippen molar-refractivity contribution in [1.82, 2.24) is 0 Å². The molecule has 0 saturated heterocycles. The van der Waals surface area contributed by atoms with Crippen molar-refractivity contribution in [3.8, 4) is 5.75 Å². The maximum absolute atomic E-state index is 10.8. The molecule has 10 heteroatoms. The average Bonchev–Trinajstić information content (AvgIpc) is 2.70. The molecule has 0 atom stereocenters. The van der Waals surface area contributed by atoms with Crippen molar-refractivity contribution in [3.05, 3.63) is 34.4 Å². The van der Waals surface area contributed by atoms with E-state index in [4.69, 9.17) is 23.7 Å². The molecule has 1 aromatic carbocycles. The van der Waals surface area contributed by atoms with Crippen LogP contribution in [0.15, 0.2) is 24.3 Å². The minimum Gasteiger partial charge on any atom is -0.491 e. The van der Waals surface area contributed by atoms with Gasteiger partial charge in [-0.2, -0.15) is 0 Å². The number of methoxy groups -OCH3 is 1. The molecule has 1 rings (SSSR count). The minimum atomic E-state index is -0.459. The molecule has 0 aliphatic heterocycles. The second kappa shape index (κ2) is 15.8. The molecule has 0 bridgehead atoms. The zero-order valence-electron chi connectivity index (χ0n) is 16.0. The van der Waals surface area contributed by atoms with Crippen LogP contribution < -0.4 is 4.74 Å². The van der Waals surface area contributed by atoms with Gasteiger partial charge >= 0.3 is 5.97 Å². The van der Waals surface area contributed by atoms with E-state index in [1.165, 1.54) is 19.2 Å². The predicted molar refractivity (Wildman–Crippen MR) is 98.5 cm³/mol. The Kier molecular flexibility index (Phi) is 13.4. The third-order valence-electron chi connectivity index (χ3n) is 3.34. The summed E-state index contributed by atoms with van der Waals surface area (Å²) in [6.07, 6.45) is 0.235. The zero-order valence-corrected chi connectivity index (χ0v) is 16.0. The maximum atomic E-state index is 10.8. The molecule has 0 aromatic heterocycles. The Bertz CT molecular complexity index is 550. The molecule has 0 aliphatic rings. The Labute approximate surface area is 163 Å². The molecule has 28 heavy (non-hydrogen) atoms. The van der Waals surface area contributed by atoms with Crippen LogP contribution in [0.4, 0.5) is 5.69 Å². The summed E-state index contributed by atoms with van der Waals surface area (Å²) in [5, 5.41) is 10.5. The van der Waals surface area contributed by atoms with Crippen molar-refractivity contribution in [1.29, 1.82) is 0 Å². The summed E-state index contributed by atoms with van der Waals surface area (Å²) in [4.78, 5) is 20.9. The average molecular weight is 401 g/mol. The summed E-state index contributed by atoms with van der Waals surface area (Å²) in [5.74, 6) is 0.256. The van der Waals surface area contributed by atoms with Gasteiger partial charge in [-0.1, -0.05) is 0 Å². The molecule has 158 valence electrons. The van der Waals surface area contributed by atoms with Crippen LogP contribution in [0.5, 0.6) is 5.75 Å². The fraction of sp³-hybridized carbons (Fsp3) is 0.611. The molecular formula is C18H27NO9. The highest BCUT2D eigenvalue weighted by atomic mass is 16.6. The molecule has 0 saturated carbocycles. The molecule has 0 radical (unpaired) electrons. The van der Waals surface area contributed by atoms with E-state index in [2.05, 4.69) is 4.74 Å². The second-order valence-electron chi connectivity index (χ2n) is 5.38. The lowest BCUT2D eigenvalue weighted by molar-refractivity contribution is -0.384. The van der Waals surface area contributed by atoms with E-state index >= 15 is 0 Å². The van der Waals surface area contributed by atoms with Crippen LogP contribution in [0.1, 0.15) is 6.42 Å². The second-order valence-corrected chi connectivity index (χ2v) is 5.38. The smallest absolute Gasteiger partial charge is 0.307 e. The van der Waals surface area contributed by atoms with Crippen LogP contribution in [0.25, 0.3) is 0 Å². The Morgan fingerprint density at radius 1 is 0.821 bits per heavy atom. The molecule has 0 amide bonds. The van der Waals surface area contributed by atoms with Crippen LogP contribution in [0.3, 0.4) is 0 Å². The number of carbonyl (C=O) groups excluding carboxylic acids is 1. The SMILES string of the molecule is COC(=O)CCOCCOCCOCCOCCOc1ccc([N+](=O)[O-])cc1. The standard InChI is InChI=1S/C18H27NO9/c1-23-18(20)6-7-24-8-9-25-10-11-26-12-13-27-14-15-28-17-4-2-16(3-5-17)19(21)22/h2-5H,6-15H2,1H3. The van der Waals surface area contributed by atoms with Gasteiger partial charge in [0.2, 0.25) is 0 Å². The number of rotatable bonds is 17. The number of ether oxygens (including phenoxy) is 6. The quantitative estimate of drug-likeness (QED) is 0.166. The van der Waals surface area contributed by atoms with Gasteiger partial charge in [-0.15, -0.1) is 0 Å². The van der Waals surface area contributed by atoms with Gasteiger partial charge in [-0.05, 0) is 12.1 Å². The Balaban J connectivity index is 1.82. The van der Waals surface area contributed by atoms with E-state index in [1.807, 2.05) is 0 Å². The minimum absolute atomic E-state index is 0.0239. The van der Waals surface area contributed by atoms with Crippen molar-refractivity contribution < 1.29 is 38.1 Å². The van der Waals surface area contributed by atoms with Crippen LogP contribution in [-0.2, 0) is 28.5 Å². The van der Waals surface area contributed by atoms with Crippen molar-refractivity contribution in [3.63, 3.8) is 0 Å². The fourth-order valence-electron chi connectivity index (χ4n) is 1.90. The van der Waals surface area contributed by atoms with Crippen molar-refractivity contribution in [2.24, 2.45) is 0 Å². The summed E-state index contributed by atoms with van der Waals surface area (Å²) < 4.78 is 31.1. The van der Waals surface area contributed by atoms with E-state index in [0.29, 0.717) is 65.2 Å². The first kappa shape index (κ1) is 23.8. The molecule has 0 heterocycles. The lowest BCUT2D eigenvalue weighted by Gasteiger charge is -2.08. The van der Waals surface area contributed by atoms with Crippen LogP contribution >= 0.6 is 0 Å². The molecular weight excluding hydrogens is 374 g/mol. The lowest BCUT2D eigenvalue weighted by atomic mass is 10.3. The van der Waals surface area contributed by atoms with Gasteiger partial charge in [0, 0.05) is 12.1 Å². The molecule has 0 unspecified atom stereocenters. The van der Waals surface area contributed by atoms with Crippen LogP contribution in [0, 0.1) is 10.1 Å². The van der Waals surface area contributed by atoms with E-state index in [0.717, 1.165) is 0 Å². The molecule has 0 N–H and O–H groups in total. The number of nitrogens with zero attached hydrogens (tertiary/aromatic N) is 1. The topological polar surface area (TPSA) is 116 Å². The molecule has 10 nitrogen and oxygen atoms in total. The molecule has 0 aliphatic carbocycles. The fourth-order valence-corrected chi connectivity index (χ4v) is 1.90. The number of nitro benzene ring substituents is 1. The van der Waals surface area contributed by atoms with Crippen LogP contribution in [0.2, 0.25) is 0 Å². The third kappa shape index (κ3) is 12.2. The lowest BCUT2D eigenvalue weighted by Crippen LogP contribution is -2.14.